The van der Waals surface area contributed by atoms with Gasteiger partial charge in [0.15, 0.2) is 0 Å². The Morgan fingerprint density at radius 1 is 0.692 bits per heavy atom. The minimum absolute atomic E-state index is 0. The second kappa shape index (κ2) is 13.2. The first kappa shape index (κ1) is 29.8. The average Bonchev–Trinajstić information content (AvgIpc) is 1.12. The van der Waals surface area contributed by atoms with Crippen LogP contribution in [0.4, 0.5) is 0 Å². The molecule has 0 amide bonds. The van der Waals surface area contributed by atoms with Crippen LogP contribution in [0.3, 0.4) is 0 Å². The van der Waals surface area contributed by atoms with Crippen LogP contribution in [0.5, 0.6) is 0 Å². The molecule has 13 heavy (non-hydrogen) atoms. The van der Waals surface area contributed by atoms with E-state index in [4.69, 9.17) is 31.8 Å². The van der Waals surface area contributed by atoms with Gasteiger partial charge in [0.05, 0.1) is 0 Å². The normalized spacial score (nSPS) is 8.92. The molecule has 0 aromatic heterocycles. The van der Waals surface area contributed by atoms with Gasteiger partial charge in [-0.05, 0) is 0 Å². The van der Waals surface area contributed by atoms with E-state index in [1.165, 1.54) is 0 Å². The van der Waals surface area contributed by atoms with Gasteiger partial charge in [0.2, 0.25) is 0 Å². The quantitative estimate of drug-likeness (QED) is 0.369. The molecule has 0 bridgehead atoms. The number of hydrogen-bond donors (Lipinski definition) is 0. The van der Waals surface area contributed by atoms with Crippen molar-refractivity contribution in [2.24, 2.45) is 0 Å². The smallest absolute Gasteiger partial charge is 4.00 e. The van der Waals surface area contributed by atoms with E-state index in [1.807, 2.05) is 0 Å². The first-order valence-corrected chi connectivity index (χ1v) is 5.50. The van der Waals surface area contributed by atoms with Crippen LogP contribution in [0.15, 0.2) is 0 Å². The first-order valence-electron chi connectivity index (χ1n) is 1.33. The fraction of sp³-hybridized carbons (Fsp3) is 0. The van der Waals surface area contributed by atoms with E-state index < -0.39 is 27.2 Å². The number of hydrogen-bond acceptors (Lipinski definition) is 8. The summed E-state index contributed by atoms with van der Waals surface area (Å²) >= 11 is -11.5. The van der Waals surface area contributed by atoms with Crippen molar-refractivity contribution in [3.8, 4) is 0 Å². The molecule has 0 aliphatic carbocycles. The van der Waals surface area contributed by atoms with Crippen molar-refractivity contribution in [2.75, 3.05) is 0 Å². The maximum absolute atomic E-state index is 8.59. The zero-order valence-corrected chi connectivity index (χ0v) is 11.3. The van der Waals surface area contributed by atoms with Gasteiger partial charge in [0.25, 0.3) is 0 Å². The van der Waals surface area contributed by atoms with E-state index in [-0.39, 0.29) is 94.9 Å². The van der Waals surface area contributed by atoms with Crippen molar-refractivity contribution >= 4 is 68.7 Å². The summed E-state index contributed by atoms with van der Waals surface area (Å²) in [5.74, 6) is 0. The molecule has 0 rings (SSSR count). The van der Waals surface area contributed by atoms with Crippen LogP contribution in [0.2, 0.25) is 0 Å². The summed E-state index contributed by atoms with van der Waals surface area (Å²) in [6.45, 7) is 0. The first-order chi connectivity index (χ1) is 4.00. The van der Waals surface area contributed by atoms with E-state index in [0.717, 1.165) is 0 Å². The fourth-order valence-electron chi connectivity index (χ4n) is 0. The van der Waals surface area contributed by atoms with Crippen molar-refractivity contribution in [3.05, 3.63) is 0 Å². The van der Waals surface area contributed by atoms with Crippen molar-refractivity contribution < 1.29 is 85.3 Å². The molecule has 13 heteroatoms. The molecular weight excluding hydrogens is 389 g/mol. The second-order valence-electron chi connectivity index (χ2n) is 0.816. The topological polar surface area (TPSA) is 161 Å². The third-order valence-corrected chi connectivity index (χ3v) is 0. The molecule has 0 spiro atoms. The summed E-state index contributed by atoms with van der Waals surface area (Å²) < 4.78 is 68.8. The van der Waals surface area contributed by atoms with E-state index in [2.05, 4.69) is 0 Å². The zero-order chi connectivity index (χ0) is 9.00. The molecule has 0 atom stereocenters. The van der Waals surface area contributed by atoms with E-state index in [1.54, 1.807) is 0 Å². The molecule has 0 aliphatic heterocycles. The average molecular weight is 390 g/mol. The van der Waals surface area contributed by atoms with Gasteiger partial charge >= 0.3 is 137 Å². The van der Waals surface area contributed by atoms with E-state index >= 15 is 0 Å². The summed E-state index contributed by atoms with van der Waals surface area (Å²) in [6, 6.07) is 0. The van der Waals surface area contributed by atoms with Gasteiger partial charge in [0.1, 0.15) is 0 Å². The molecule has 0 heterocycles. The van der Waals surface area contributed by atoms with Crippen LogP contribution < -0.4 is 16.6 Å². The van der Waals surface area contributed by atoms with Crippen molar-refractivity contribution in [3.63, 3.8) is 0 Å². The van der Waals surface area contributed by atoms with Crippen LogP contribution >= 0.6 is 0 Å². The maximum atomic E-state index is 8.59. The van der Waals surface area contributed by atoms with E-state index in [0.29, 0.717) is 0 Å². The zero-order valence-electron chi connectivity index (χ0n) is 5.16. The standard InChI is InChI=1S/Al.2Cr.K.8O.Zr.H/q;;;;;;;;4*-1;+4;. The van der Waals surface area contributed by atoms with Crippen molar-refractivity contribution in [2.45, 2.75) is 0 Å². The monoisotopic (exact) mass is 389 g/mol. The van der Waals surface area contributed by atoms with Gasteiger partial charge in [0, 0.05) is 17.4 Å². The molecule has 8 nitrogen and oxygen atoms in total. The predicted octanol–water partition coefficient (Wildman–Crippen LogP) is -6.27. The van der Waals surface area contributed by atoms with Gasteiger partial charge < -0.3 is 0 Å². The Labute approximate surface area is 151 Å². The van der Waals surface area contributed by atoms with Gasteiger partial charge in [-0.25, -0.2) is 0 Å². The third-order valence-electron chi connectivity index (χ3n) is 0. The molecule has 0 saturated heterocycles. The van der Waals surface area contributed by atoms with Crippen LogP contribution in [0.25, 0.3) is 0 Å². The Morgan fingerprint density at radius 3 is 0.692 bits per heavy atom. The number of rotatable bonds is 0. The summed E-state index contributed by atoms with van der Waals surface area (Å²) in [6.07, 6.45) is 0. The van der Waals surface area contributed by atoms with Gasteiger partial charge in [-0.3, -0.25) is 0 Å². The Hall–Kier alpha value is 3.16. The minimum atomic E-state index is -5.75. The van der Waals surface area contributed by atoms with Crippen molar-refractivity contribution in [1.82, 2.24) is 0 Å². The molecule has 0 unspecified atom stereocenters. The second-order valence-corrected chi connectivity index (χ2v) is 3.37. The summed E-state index contributed by atoms with van der Waals surface area (Å²) in [4.78, 5) is 0. The maximum Gasteiger partial charge on any atom is 4.00 e. The Kier molecular flexibility index (Phi) is 30.3. The fourth-order valence-corrected chi connectivity index (χ4v) is 0. The molecule has 0 aromatic rings. The SMILES string of the molecule is [Al].[KH].[O]=[Cr](=[O])([O-])[O-].[O]=[Cr](=[O])([O-])[O-].[Zr+4]. The molecule has 69 valence electrons. The van der Waals surface area contributed by atoms with Crippen LogP contribution in [0.1, 0.15) is 0 Å². The molecule has 0 saturated carbocycles. The Balaban J connectivity index is -0.0000000267. The van der Waals surface area contributed by atoms with E-state index in [9.17, 15) is 0 Å². The summed E-state index contributed by atoms with van der Waals surface area (Å²) in [5, 5.41) is 0. The van der Waals surface area contributed by atoms with Crippen LogP contribution in [-0.4, -0.2) is 68.7 Å². The minimum Gasteiger partial charge on any atom is 4.00 e. The summed E-state index contributed by atoms with van der Waals surface area (Å²) in [7, 11) is 0. The molecular formula is HAlCr2KO8Zr. The largest absolute Gasteiger partial charge is 4.00 e. The molecule has 0 fully saturated rings. The Morgan fingerprint density at radius 2 is 0.692 bits per heavy atom. The van der Waals surface area contributed by atoms with Gasteiger partial charge in [-0.2, -0.15) is 0 Å². The Bertz CT molecular complexity index is 219. The van der Waals surface area contributed by atoms with Gasteiger partial charge in [-0.1, -0.05) is 0 Å². The van der Waals surface area contributed by atoms with Crippen LogP contribution in [-0.2, 0) is 68.6 Å². The molecule has 0 N–H and O–H groups in total. The molecule has 3 radical (unpaired) electrons. The third kappa shape index (κ3) is 263. The van der Waals surface area contributed by atoms with Crippen LogP contribution in [0, 0.1) is 0 Å². The van der Waals surface area contributed by atoms with Gasteiger partial charge in [-0.15, -0.1) is 0 Å². The molecule has 0 aromatic carbocycles. The predicted molar refractivity (Wildman–Crippen MR) is 15.6 cm³/mol. The molecule has 0 aliphatic rings. The van der Waals surface area contributed by atoms with Crippen molar-refractivity contribution in [1.29, 1.82) is 0 Å². The summed E-state index contributed by atoms with van der Waals surface area (Å²) in [5.41, 5.74) is 0.